The van der Waals surface area contributed by atoms with E-state index < -0.39 is 23.4 Å². The Morgan fingerprint density at radius 2 is 1.76 bits per heavy atom. The molecule has 0 spiro atoms. The number of aryl methyl sites for hydroxylation is 2. The molecule has 0 radical (unpaired) electrons. The molecule has 1 unspecified atom stereocenters. The maximum absolute atomic E-state index is 13.0. The van der Waals surface area contributed by atoms with E-state index in [1.54, 1.807) is 18.5 Å². The second-order valence-electron chi connectivity index (χ2n) is 8.94. The number of hydrogen-bond donors (Lipinski definition) is 2. The van der Waals surface area contributed by atoms with Gasteiger partial charge in [-0.3, -0.25) is 9.59 Å². The van der Waals surface area contributed by atoms with Crippen molar-refractivity contribution in [3.05, 3.63) is 77.4 Å². The molecular formula is C25H28N6O3. The maximum atomic E-state index is 13.0. The zero-order chi connectivity index (χ0) is 24.5. The van der Waals surface area contributed by atoms with Crippen molar-refractivity contribution in [2.24, 2.45) is 0 Å². The summed E-state index contributed by atoms with van der Waals surface area (Å²) in [5, 5.41) is 7.76. The largest absolute Gasteiger partial charge is 0.344 e. The van der Waals surface area contributed by atoms with Crippen molar-refractivity contribution in [3.8, 4) is 5.69 Å². The molecule has 1 aliphatic rings. The second kappa shape index (κ2) is 9.09. The van der Waals surface area contributed by atoms with Crippen LogP contribution in [0.4, 0.5) is 4.79 Å². The molecular weight excluding hydrogens is 432 g/mol. The van der Waals surface area contributed by atoms with Crippen molar-refractivity contribution < 1.29 is 14.4 Å². The van der Waals surface area contributed by atoms with Crippen LogP contribution in [0, 0.1) is 6.92 Å². The lowest BCUT2D eigenvalue weighted by Crippen LogP contribution is -2.49. The highest BCUT2D eigenvalue weighted by Gasteiger charge is 2.48. The van der Waals surface area contributed by atoms with Gasteiger partial charge in [0.25, 0.3) is 5.91 Å². The van der Waals surface area contributed by atoms with Crippen LogP contribution in [-0.4, -0.2) is 43.2 Å². The van der Waals surface area contributed by atoms with Crippen LogP contribution in [0.1, 0.15) is 60.7 Å². The first-order valence-corrected chi connectivity index (χ1v) is 11.2. The number of hydrogen-bond acceptors (Lipinski definition) is 5. The Morgan fingerprint density at radius 3 is 2.47 bits per heavy atom. The van der Waals surface area contributed by atoms with Crippen LogP contribution in [0.25, 0.3) is 5.69 Å². The lowest BCUT2D eigenvalue weighted by molar-refractivity contribution is -0.132. The van der Waals surface area contributed by atoms with Crippen LogP contribution in [0.2, 0.25) is 0 Å². The topological polar surface area (TPSA) is 109 Å². The molecule has 1 saturated heterocycles. The van der Waals surface area contributed by atoms with Gasteiger partial charge in [-0.05, 0) is 49.8 Å². The highest BCUT2D eigenvalue weighted by molar-refractivity contribution is 6.08. The van der Waals surface area contributed by atoms with E-state index in [0.717, 1.165) is 16.8 Å². The fraction of sp³-hybridized carbons (Fsp3) is 0.320. The molecule has 3 aromatic rings. The average Bonchev–Trinajstić information content (AvgIpc) is 3.31. The summed E-state index contributed by atoms with van der Waals surface area (Å²) in [5.41, 5.74) is 4.19. The number of carbonyl (C=O) groups excluding carboxylic acids is 3. The summed E-state index contributed by atoms with van der Waals surface area (Å²) in [6, 6.07) is 16.8. The third-order valence-corrected chi connectivity index (χ3v) is 5.99. The monoisotopic (exact) mass is 460 g/mol. The van der Waals surface area contributed by atoms with Crippen LogP contribution in [0.3, 0.4) is 0 Å². The number of carbonyl (C=O) groups is 3. The highest BCUT2D eigenvalue weighted by atomic mass is 16.2. The summed E-state index contributed by atoms with van der Waals surface area (Å²) < 4.78 is 1.60. The number of para-hydroxylation sites is 1. The van der Waals surface area contributed by atoms with E-state index in [1.807, 2.05) is 54.6 Å². The predicted octanol–water partition coefficient (Wildman–Crippen LogP) is 3.29. The van der Waals surface area contributed by atoms with E-state index in [1.165, 1.54) is 0 Å². The van der Waals surface area contributed by atoms with E-state index in [4.69, 9.17) is 0 Å². The minimum atomic E-state index is -1.13. The smallest absolute Gasteiger partial charge is 0.322 e. The minimum absolute atomic E-state index is 0.130. The van der Waals surface area contributed by atoms with E-state index in [0.29, 0.717) is 23.7 Å². The maximum Gasteiger partial charge on any atom is 0.344 e. The molecule has 0 aliphatic carbocycles. The molecule has 4 amide bonds. The zero-order valence-corrected chi connectivity index (χ0v) is 19.7. The predicted molar refractivity (Wildman–Crippen MR) is 126 cm³/mol. The van der Waals surface area contributed by atoms with Gasteiger partial charge in [0.1, 0.15) is 11.4 Å². The van der Waals surface area contributed by atoms with Crippen molar-refractivity contribution in [3.63, 3.8) is 0 Å². The van der Waals surface area contributed by atoms with E-state index in [-0.39, 0.29) is 11.7 Å². The van der Waals surface area contributed by atoms with Gasteiger partial charge in [-0.2, -0.15) is 5.01 Å². The van der Waals surface area contributed by atoms with Crippen LogP contribution >= 0.6 is 0 Å². The summed E-state index contributed by atoms with van der Waals surface area (Å²) in [6.07, 6.45) is 0.998. The Labute approximate surface area is 198 Å². The summed E-state index contributed by atoms with van der Waals surface area (Å²) in [7, 11) is 0. The number of urea groups is 1. The number of nitrogens with one attached hydrogen (secondary N) is 2. The first-order valence-electron chi connectivity index (χ1n) is 11.2. The Bertz CT molecular complexity index is 1240. The van der Waals surface area contributed by atoms with Crippen molar-refractivity contribution in [2.45, 2.75) is 52.0 Å². The molecule has 1 fully saturated rings. The summed E-state index contributed by atoms with van der Waals surface area (Å²) in [4.78, 5) is 42.7. The van der Waals surface area contributed by atoms with Crippen LogP contribution in [-0.2, 0) is 11.2 Å². The third-order valence-electron chi connectivity index (χ3n) is 5.99. The number of imide groups is 1. The van der Waals surface area contributed by atoms with Crippen LogP contribution in [0.15, 0.2) is 54.6 Å². The van der Waals surface area contributed by atoms with Crippen molar-refractivity contribution in [1.82, 2.24) is 30.5 Å². The second-order valence-corrected chi connectivity index (χ2v) is 8.94. The van der Waals surface area contributed by atoms with Crippen LogP contribution < -0.4 is 10.7 Å². The number of amides is 4. The fourth-order valence-corrected chi connectivity index (χ4v) is 4.03. The molecule has 1 aromatic heterocycles. The zero-order valence-electron chi connectivity index (χ0n) is 19.7. The van der Waals surface area contributed by atoms with Gasteiger partial charge >= 0.3 is 11.9 Å². The first-order chi connectivity index (χ1) is 16.2. The third kappa shape index (κ3) is 4.41. The SMILES string of the molecule is Cc1nc(C(=O)NN2C(=O)NC(C)(CCc3ccccc3)C2=O)nn1-c1ccccc1C(C)C. The Kier molecular flexibility index (Phi) is 6.19. The molecule has 2 heterocycles. The van der Waals surface area contributed by atoms with Crippen LogP contribution in [0.5, 0.6) is 0 Å². The average molecular weight is 461 g/mol. The molecule has 34 heavy (non-hydrogen) atoms. The number of aromatic nitrogens is 3. The summed E-state index contributed by atoms with van der Waals surface area (Å²) in [5.74, 6) is -0.628. The van der Waals surface area contributed by atoms with Gasteiger partial charge in [0, 0.05) is 0 Å². The van der Waals surface area contributed by atoms with Crippen molar-refractivity contribution >= 4 is 17.8 Å². The molecule has 2 aromatic carbocycles. The fourth-order valence-electron chi connectivity index (χ4n) is 4.03. The quantitative estimate of drug-likeness (QED) is 0.526. The van der Waals surface area contributed by atoms with E-state index in [9.17, 15) is 14.4 Å². The molecule has 0 bridgehead atoms. The molecule has 9 heteroatoms. The van der Waals surface area contributed by atoms with Gasteiger partial charge in [-0.25, -0.2) is 19.9 Å². The van der Waals surface area contributed by atoms with E-state index >= 15 is 0 Å². The Balaban J connectivity index is 1.49. The van der Waals surface area contributed by atoms with Gasteiger partial charge < -0.3 is 5.32 Å². The Morgan fingerprint density at radius 1 is 1.09 bits per heavy atom. The Hall–Kier alpha value is -4.01. The molecule has 0 saturated carbocycles. The van der Waals surface area contributed by atoms with Gasteiger partial charge in [0.2, 0.25) is 5.82 Å². The first kappa shape index (κ1) is 23.2. The summed E-state index contributed by atoms with van der Waals surface area (Å²) >= 11 is 0. The molecule has 2 N–H and O–H groups in total. The van der Waals surface area contributed by atoms with Crippen molar-refractivity contribution in [1.29, 1.82) is 0 Å². The van der Waals surface area contributed by atoms with Crippen molar-refractivity contribution in [2.75, 3.05) is 0 Å². The number of benzene rings is 2. The van der Waals surface area contributed by atoms with Gasteiger partial charge in [-0.15, -0.1) is 5.10 Å². The number of hydrazine groups is 1. The molecule has 176 valence electrons. The minimum Gasteiger partial charge on any atom is -0.322 e. The normalized spacial score (nSPS) is 17.9. The number of rotatable bonds is 7. The summed E-state index contributed by atoms with van der Waals surface area (Å²) in [6.45, 7) is 7.55. The standard InChI is InChI=1S/C25H28N6O3/c1-16(2)19-12-8-9-13-20(19)30-17(3)26-21(28-30)22(32)29-31-23(33)25(4,27-24(31)34)15-14-18-10-6-5-7-11-18/h5-13,16H,14-15H2,1-4H3,(H,27,34)(H,29,32). The molecule has 1 aliphatic heterocycles. The van der Waals surface area contributed by atoms with E-state index in [2.05, 4.69) is 34.7 Å². The number of nitrogens with zero attached hydrogens (tertiary/aromatic N) is 4. The van der Waals surface area contributed by atoms with Gasteiger partial charge in [-0.1, -0.05) is 62.4 Å². The molecule has 1 atom stereocenters. The van der Waals surface area contributed by atoms with Gasteiger partial charge in [0.15, 0.2) is 0 Å². The highest BCUT2D eigenvalue weighted by Crippen LogP contribution is 2.24. The lowest BCUT2D eigenvalue weighted by atomic mass is 9.93. The molecule has 4 rings (SSSR count). The lowest BCUT2D eigenvalue weighted by Gasteiger charge is -2.21. The van der Waals surface area contributed by atoms with Gasteiger partial charge in [0.05, 0.1) is 5.69 Å². The molecule has 9 nitrogen and oxygen atoms in total.